The van der Waals surface area contributed by atoms with Gasteiger partial charge in [-0.1, -0.05) is 52.2 Å². The number of hydrogen-bond donors (Lipinski definition) is 1. The lowest BCUT2D eigenvalue weighted by atomic mass is 9.85. The molecular weight excluding hydrogens is 474 g/mol. The molecule has 1 saturated heterocycles. The summed E-state index contributed by atoms with van der Waals surface area (Å²) in [6.07, 6.45) is 13.6. The van der Waals surface area contributed by atoms with Crippen LogP contribution in [-0.4, -0.2) is 40.3 Å². The number of pyridine rings is 1. The fourth-order valence-corrected chi connectivity index (χ4v) is 6.52. The number of rotatable bonds is 5. The van der Waals surface area contributed by atoms with Crippen molar-refractivity contribution < 1.29 is 9.59 Å². The molecule has 7 heteroatoms. The van der Waals surface area contributed by atoms with E-state index in [2.05, 4.69) is 49.4 Å². The molecule has 2 atom stereocenters. The minimum absolute atomic E-state index is 0.0453. The number of fused-ring (bicyclic) bond motifs is 1. The highest BCUT2D eigenvalue weighted by atomic mass is 16.2. The molecule has 2 fully saturated rings. The molecule has 1 aromatic carbocycles. The van der Waals surface area contributed by atoms with Gasteiger partial charge in [0, 0.05) is 36.2 Å². The van der Waals surface area contributed by atoms with Gasteiger partial charge in [0.1, 0.15) is 6.04 Å². The minimum Gasteiger partial charge on any atom is -0.351 e. The predicted molar refractivity (Wildman–Crippen MR) is 147 cm³/mol. The van der Waals surface area contributed by atoms with E-state index in [-0.39, 0.29) is 23.3 Å². The number of nitrogens with zero attached hydrogens (tertiary/aromatic N) is 4. The number of aryl methyl sites for hydroxylation is 1. The number of carbonyl (C=O) groups excluding carboxylic acids is 2. The number of benzene rings is 1. The first-order valence-electron chi connectivity index (χ1n) is 14.1. The van der Waals surface area contributed by atoms with Crippen molar-refractivity contribution in [2.45, 2.75) is 102 Å². The van der Waals surface area contributed by atoms with E-state index in [1.54, 1.807) is 22.2 Å². The Kier molecular flexibility index (Phi) is 7.17. The number of nitrogens with one attached hydrogen (secondary N) is 1. The van der Waals surface area contributed by atoms with Crippen LogP contribution < -0.4 is 10.2 Å². The normalized spacial score (nSPS) is 23.5. The topological polar surface area (TPSA) is 89.3 Å². The number of carbonyl (C=O) groups is 2. The van der Waals surface area contributed by atoms with E-state index in [1.807, 2.05) is 18.2 Å². The summed E-state index contributed by atoms with van der Waals surface area (Å²) >= 11 is 0. The highest BCUT2D eigenvalue weighted by molar-refractivity contribution is 6.07. The zero-order valence-corrected chi connectivity index (χ0v) is 22.9. The second-order valence-electron chi connectivity index (χ2n) is 12.1. The molecule has 2 heterocycles. The smallest absolute Gasteiger partial charge is 0.251 e. The summed E-state index contributed by atoms with van der Waals surface area (Å²) in [5.74, 6) is -0.325. The highest BCUT2D eigenvalue weighted by Crippen LogP contribution is 2.45. The average Bonchev–Trinajstić information content (AvgIpc) is 3.55. The Morgan fingerprint density at radius 2 is 1.82 bits per heavy atom. The maximum absolute atomic E-state index is 14.5. The first kappa shape index (κ1) is 26.2. The molecule has 1 aromatic heterocycles. The Labute approximate surface area is 226 Å². The molecule has 1 aliphatic heterocycles. The molecule has 5 rings (SSSR count). The Hall–Kier alpha value is -3.40. The monoisotopic (exact) mass is 513 g/mol. The first-order chi connectivity index (χ1) is 18.3. The zero-order valence-electron chi connectivity index (χ0n) is 22.9. The molecule has 2 amide bonds. The standard InChI is InChI=1S/C31H39N5O2/c1-30(2,3)23-11-13-25(14-12-23)36(28(37)27-10-7-19-35(27)21-32)31(17-15-22-16-18-33-20-26(22)31)29(38)34-24-8-5-4-6-9-24/h11-14,16,18,20,24,27H,4-10,15,17,19H2,1-3H3,(H,34,38). The molecular formula is C31H39N5O2. The molecule has 0 spiro atoms. The zero-order chi connectivity index (χ0) is 26.9. The summed E-state index contributed by atoms with van der Waals surface area (Å²) in [4.78, 5) is 36.7. The van der Waals surface area contributed by atoms with E-state index < -0.39 is 11.6 Å². The third-order valence-corrected chi connectivity index (χ3v) is 8.69. The van der Waals surface area contributed by atoms with Gasteiger partial charge in [-0.05, 0) is 73.3 Å². The van der Waals surface area contributed by atoms with Crippen LogP contribution in [0.3, 0.4) is 0 Å². The van der Waals surface area contributed by atoms with Gasteiger partial charge in [0.2, 0.25) is 0 Å². The van der Waals surface area contributed by atoms with Gasteiger partial charge in [-0.15, -0.1) is 0 Å². The van der Waals surface area contributed by atoms with Crippen LogP contribution in [0, 0.1) is 11.5 Å². The molecule has 200 valence electrons. The minimum atomic E-state index is -1.22. The number of anilines is 1. The van der Waals surface area contributed by atoms with E-state index >= 15 is 0 Å². The van der Waals surface area contributed by atoms with Gasteiger partial charge in [0.25, 0.3) is 11.8 Å². The van der Waals surface area contributed by atoms with Crippen LogP contribution in [0.1, 0.15) is 88.8 Å². The summed E-state index contributed by atoms with van der Waals surface area (Å²) in [6, 6.07) is 9.53. The van der Waals surface area contributed by atoms with E-state index in [9.17, 15) is 14.9 Å². The summed E-state index contributed by atoms with van der Waals surface area (Å²) in [5.41, 5.74) is 2.42. The first-order valence-corrected chi connectivity index (χ1v) is 14.1. The molecule has 7 nitrogen and oxygen atoms in total. The highest BCUT2D eigenvalue weighted by Gasteiger charge is 2.55. The van der Waals surface area contributed by atoms with E-state index in [0.717, 1.165) is 48.8 Å². The fraction of sp³-hybridized carbons (Fsp3) is 0.548. The van der Waals surface area contributed by atoms with Crippen molar-refractivity contribution in [3.8, 4) is 6.19 Å². The third-order valence-electron chi connectivity index (χ3n) is 8.69. The number of hydrogen-bond acceptors (Lipinski definition) is 5. The van der Waals surface area contributed by atoms with Crippen LogP contribution in [0.5, 0.6) is 0 Å². The average molecular weight is 514 g/mol. The van der Waals surface area contributed by atoms with Gasteiger partial charge in [-0.2, -0.15) is 5.26 Å². The quantitative estimate of drug-likeness (QED) is 0.572. The fourth-order valence-electron chi connectivity index (χ4n) is 6.52. The number of amides is 2. The van der Waals surface area contributed by atoms with Gasteiger partial charge in [0.15, 0.2) is 11.7 Å². The van der Waals surface area contributed by atoms with E-state index in [4.69, 9.17) is 0 Å². The molecule has 38 heavy (non-hydrogen) atoms. The van der Waals surface area contributed by atoms with Crippen molar-refractivity contribution in [2.24, 2.45) is 0 Å². The molecule has 3 aliphatic rings. The molecule has 0 bridgehead atoms. The maximum atomic E-state index is 14.5. The lowest BCUT2D eigenvalue weighted by Crippen LogP contribution is -2.62. The predicted octanol–water partition coefficient (Wildman–Crippen LogP) is 4.95. The number of aromatic nitrogens is 1. The van der Waals surface area contributed by atoms with E-state index in [1.165, 1.54) is 6.42 Å². The van der Waals surface area contributed by atoms with Gasteiger partial charge in [-0.25, -0.2) is 0 Å². The van der Waals surface area contributed by atoms with Crippen molar-refractivity contribution in [2.75, 3.05) is 11.4 Å². The van der Waals surface area contributed by atoms with Crippen LogP contribution >= 0.6 is 0 Å². The van der Waals surface area contributed by atoms with Crippen molar-refractivity contribution in [1.29, 1.82) is 5.26 Å². The van der Waals surface area contributed by atoms with Crippen LogP contribution in [-0.2, 0) is 27.0 Å². The lowest BCUT2D eigenvalue weighted by molar-refractivity contribution is -0.133. The second-order valence-corrected chi connectivity index (χ2v) is 12.1. The Bertz CT molecular complexity index is 1220. The van der Waals surface area contributed by atoms with Gasteiger partial charge < -0.3 is 5.32 Å². The van der Waals surface area contributed by atoms with Gasteiger partial charge >= 0.3 is 0 Å². The third kappa shape index (κ3) is 4.66. The van der Waals surface area contributed by atoms with Crippen molar-refractivity contribution in [3.63, 3.8) is 0 Å². The Balaban J connectivity index is 1.65. The van der Waals surface area contributed by atoms with Gasteiger partial charge in [-0.3, -0.25) is 24.4 Å². The molecule has 2 aliphatic carbocycles. The van der Waals surface area contributed by atoms with Crippen LogP contribution in [0.4, 0.5) is 5.69 Å². The summed E-state index contributed by atoms with van der Waals surface area (Å²) < 4.78 is 0. The molecule has 2 unspecified atom stereocenters. The summed E-state index contributed by atoms with van der Waals surface area (Å²) in [6.45, 7) is 7.04. The van der Waals surface area contributed by atoms with Crippen molar-refractivity contribution >= 4 is 17.5 Å². The van der Waals surface area contributed by atoms with Crippen LogP contribution in [0.25, 0.3) is 0 Å². The van der Waals surface area contributed by atoms with Crippen LogP contribution in [0.15, 0.2) is 42.7 Å². The van der Waals surface area contributed by atoms with Gasteiger partial charge in [0.05, 0.1) is 0 Å². The molecule has 0 radical (unpaired) electrons. The maximum Gasteiger partial charge on any atom is 0.251 e. The number of likely N-dealkylation sites (tertiary alicyclic amines) is 1. The SMILES string of the molecule is CC(C)(C)c1ccc(N(C(=O)C2CCCN2C#N)C2(C(=O)NC3CCCCC3)CCc3ccncc32)cc1. The largest absolute Gasteiger partial charge is 0.351 e. The molecule has 1 saturated carbocycles. The Morgan fingerprint density at radius 1 is 1.08 bits per heavy atom. The molecule has 1 N–H and O–H groups in total. The van der Waals surface area contributed by atoms with Crippen molar-refractivity contribution in [3.05, 3.63) is 59.4 Å². The van der Waals surface area contributed by atoms with E-state index in [0.29, 0.717) is 31.5 Å². The summed E-state index contributed by atoms with van der Waals surface area (Å²) in [7, 11) is 0. The summed E-state index contributed by atoms with van der Waals surface area (Å²) in [5, 5.41) is 13.2. The Morgan fingerprint density at radius 3 is 2.50 bits per heavy atom. The number of nitriles is 1. The second kappa shape index (κ2) is 10.4. The van der Waals surface area contributed by atoms with Crippen LogP contribution in [0.2, 0.25) is 0 Å². The molecule has 2 aromatic rings. The van der Waals surface area contributed by atoms with Crippen molar-refractivity contribution in [1.82, 2.24) is 15.2 Å². The lowest BCUT2D eigenvalue weighted by Gasteiger charge is -2.43.